The molecule has 0 aliphatic rings. The van der Waals surface area contributed by atoms with E-state index in [0.717, 1.165) is 15.6 Å². The molecule has 0 aliphatic heterocycles. The van der Waals surface area contributed by atoms with Crippen LogP contribution in [-0.2, 0) is 17.8 Å². The number of benzene rings is 2. The summed E-state index contributed by atoms with van der Waals surface area (Å²) >= 11 is 9.52. The van der Waals surface area contributed by atoms with Crippen LogP contribution in [-0.4, -0.2) is 18.0 Å². The van der Waals surface area contributed by atoms with E-state index in [2.05, 4.69) is 15.9 Å². The predicted octanol–water partition coefficient (Wildman–Crippen LogP) is 4.38. The van der Waals surface area contributed by atoms with Gasteiger partial charge in [-0.1, -0.05) is 29.8 Å². The van der Waals surface area contributed by atoms with Gasteiger partial charge in [0, 0.05) is 4.47 Å². The summed E-state index contributed by atoms with van der Waals surface area (Å²) in [5.41, 5.74) is 2.13. The molecule has 0 amide bonds. The summed E-state index contributed by atoms with van der Waals surface area (Å²) < 4.78 is 6.45. The van der Waals surface area contributed by atoms with Crippen LogP contribution >= 0.6 is 27.5 Å². The Morgan fingerprint density at radius 1 is 1.29 bits per heavy atom. The molecule has 21 heavy (non-hydrogen) atoms. The maximum atomic E-state index is 10.6. The minimum atomic E-state index is -0.00228. The normalized spacial score (nSPS) is 10.6. The number of phenols is 1. The zero-order valence-corrected chi connectivity index (χ0v) is 13.5. The van der Waals surface area contributed by atoms with E-state index in [-0.39, 0.29) is 5.75 Å². The third-order valence-corrected chi connectivity index (χ3v) is 4.38. The number of halogens is 2. The first-order valence-corrected chi connectivity index (χ1v) is 7.56. The lowest BCUT2D eigenvalue weighted by molar-refractivity contribution is 0.112. The highest BCUT2D eigenvalue weighted by molar-refractivity contribution is 9.10. The quantitative estimate of drug-likeness (QED) is 0.607. The summed E-state index contributed by atoms with van der Waals surface area (Å²) in [4.78, 5) is 10.6. The number of aromatic hydroxyl groups is 1. The molecule has 0 atom stereocenters. The minimum Gasteiger partial charge on any atom is -0.507 e. The van der Waals surface area contributed by atoms with Crippen molar-refractivity contribution in [3.8, 4) is 5.75 Å². The predicted molar refractivity (Wildman–Crippen MR) is 86.0 cm³/mol. The molecule has 0 saturated carbocycles. The molecule has 0 saturated heterocycles. The lowest BCUT2D eigenvalue weighted by Gasteiger charge is -2.08. The van der Waals surface area contributed by atoms with E-state index < -0.39 is 0 Å². The van der Waals surface area contributed by atoms with Crippen molar-refractivity contribution in [1.29, 1.82) is 0 Å². The first-order valence-electron chi connectivity index (χ1n) is 6.39. The smallest absolute Gasteiger partial charge is 0.153 e. The minimum absolute atomic E-state index is 0.00228. The lowest BCUT2D eigenvalue weighted by Crippen LogP contribution is -2.00. The number of carbonyl (C=O) groups is 1. The Morgan fingerprint density at radius 3 is 2.81 bits per heavy atom. The van der Waals surface area contributed by atoms with Crippen LogP contribution in [0.4, 0.5) is 0 Å². The number of aldehydes is 1. The van der Waals surface area contributed by atoms with Crippen molar-refractivity contribution >= 4 is 33.8 Å². The van der Waals surface area contributed by atoms with E-state index in [4.69, 9.17) is 16.3 Å². The molecule has 110 valence electrons. The van der Waals surface area contributed by atoms with Crippen molar-refractivity contribution in [3.05, 3.63) is 62.6 Å². The second-order valence-corrected chi connectivity index (χ2v) is 5.76. The van der Waals surface area contributed by atoms with Crippen LogP contribution in [0, 0.1) is 0 Å². The van der Waals surface area contributed by atoms with Crippen LogP contribution in [0.3, 0.4) is 0 Å². The first kappa shape index (κ1) is 16.0. The largest absolute Gasteiger partial charge is 0.507 e. The molecular formula is C16H14BrClO3. The number of carbonyl (C=O) groups excluding carboxylic acids is 1. The summed E-state index contributed by atoms with van der Waals surface area (Å²) in [7, 11) is 0. The maximum Gasteiger partial charge on any atom is 0.153 e. The molecule has 0 bridgehead atoms. The highest BCUT2D eigenvalue weighted by Gasteiger charge is 2.05. The summed E-state index contributed by atoms with van der Waals surface area (Å²) in [6.45, 7) is 0.930. The first-order chi connectivity index (χ1) is 10.1. The number of ether oxygens (including phenoxy) is 1. The number of hydrogen-bond donors (Lipinski definition) is 1. The van der Waals surface area contributed by atoms with Crippen LogP contribution < -0.4 is 0 Å². The van der Waals surface area contributed by atoms with Crippen LogP contribution in [0.2, 0.25) is 5.02 Å². The van der Waals surface area contributed by atoms with Gasteiger partial charge in [-0.3, -0.25) is 4.79 Å². The van der Waals surface area contributed by atoms with Crippen molar-refractivity contribution in [2.45, 2.75) is 13.0 Å². The SMILES string of the molecule is O=Cc1ccc(CCOCc2cccc(Br)c2Cl)cc1O. The fourth-order valence-electron chi connectivity index (χ4n) is 1.88. The van der Waals surface area contributed by atoms with Gasteiger partial charge in [-0.25, -0.2) is 0 Å². The zero-order valence-electron chi connectivity index (χ0n) is 11.2. The summed E-state index contributed by atoms with van der Waals surface area (Å²) in [6.07, 6.45) is 1.28. The van der Waals surface area contributed by atoms with Gasteiger partial charge >= 0.3 is 0 Å². The molecule has 2 rings (SSSR count). The van der Waals surface area contributed by atoms with E-state index >= 15 is 0 Å². The molecule has 3 nitrogen and oxygen atoms in total. The van der Waals surface area contributed by atoms with Crippen LogP contribution in [0.1, 0.15) is 21.5 Å². The average Bonchev–Trinajstić information content (AvgIpc) is 2.48. The Hall–Kier alpha value is -1.36. The molecule has 5 heteroatoms. The van der Waals surface area contributed by atoms with Crippen molar-refractivity contribution in [2.24, 2.45) is 0 Å². The fourth-order valence-corrected chi connectivity index (χ4v) is 2.46. The third-order valence-electron chi connectivity index (χ3n) is 3.05. The molecule has 0 spiro atoms. The molecule has 2 aromatic carbocycles. The molecule has 0 unspecified atom stereocenters. The third kappa shape index (κ3) is 4.30. The lowest BCUT2D eigenvalue weighted by atomic mass is 10.1. The maximum absolute atomic E-state index is 10.6. The summed E-state index contributed by atoms with van der Waals surface area (Å²) in [6, 6.07) is 10.7. The molecular weight excluding hydrogens is 356 g/mol. The van der Waals surface area contributed by atoms with Gasteiger partial charge in [0.2, 0.25) is 0 Å². The van der Waals surface area contributed by atoms with Crippen LogP contribution in [0.15, 0.2) is 40.9 Å². The standard InChI is InChI=1S/C16H14BrClO3/c17-14-3-1-2-13(16(14)18)10-21-7-6-11-4-5-12(9-19)15(20)8-11/h1-5,8-9,20H,6-7,10H2. The molecule has 0 fully saturated rings. The van der Waals surface area contributed by atoms with E-state index in [9.17, 15) is 9.90 Å². The number of hydrogen-bond acceptors (Lipinski definition) is 3. The van der Waals surface area contributed by atoms with Gasteiger partial charge in [0.05, 0.1) is 23.8 Å². The van der Waals surface area contributed by atoms with E-state index in [1.165, 1.54) is 0 Å². The van der Waals surface area contributed by atoms with E-state index in [0.29, 0.717) is 36.5 Å². The van der Waals surface area contributed by atoms with Gasteiger partial charge < -0.3 is 9.84 Å². The van der Waals surface area contributed by atoms with Gasteiger partial charge in [-0.2, -0.15) is 0 Å². The highest BCUT2D eigenvalue weighted by Crippen LogP contribution is 2.26. The molecule has 1 N–H and O–H groups in total. The number of rotatable bonds is 6. The van der Waals surface area contributed by atoms with Crippen LogP contribution in [0.25, 0.3) is 0 Å². The van der Waals surface area contributed by atoms with Crippen molar-refractivity contribution in [1.82, 2.24) is 0 Å². The molecule has 2 aromatic rings. The van der Waals surface area contributed by atoms with Gasteiger partial charge in [0.25, 0.3) is 0 Å². The Kier molecular flexibility index (Phi) is 5.79. The molecule has 0 aliphatic carbocycles. The number of phenolic OH excluding ortho intramolecular Hbond substituents is 1. The Bertz CT molecular complexity index is 643. The second-order valence-electron chi connectivity index (χ2n) is 4.53. The molecule has 0 radical (unpaired) electrons. The Labute approximate surface area is 136 Å². The van der Waals surface area contributed by atoms with Crippen molar-refractivity contribution < 1.29 is 14.6 Å². The average molecular weight is 370 g/mol. The summed E-state index contributed by atoms with van der Waals surface area (Å²) in [5, 5.41) is 10.3. The zero-order chi connectivity index (χ0) is 15.2. The van der Waals surface area contributed by atoms with Gasteiger partial charge in [-0.05, 0) is 51.7 Å². The van der Waals surface area contributed by atoms with Crippen molar-refractivity contribution in [2.75, 3.05) is 6.61 Å². The monoisotopic (exact) mass is 368 g/mol. The van der Waals surface area contributed by atoms with Crippen LogP contribution in [0.5, 0.6) is 5.75 Å². The summed E-state index contributed by atoms with van der Waals surface area (Å²) in [5.74, 6) is -0.00228. The fraction of sp³-hybridized carbons (Fsp3) is 0.188. The molecule has 0 heterocycles. The van der Waals surface area contributed by atoms with Gasteiger partial charge in [0.15, 0.2) is 6.29 Å². The Balaban J connectivity index is 1.86. The molecule has 0 aromatic heterocycles. The topological polar surface area (TPSA) is 46.5 Å². The highest BCUT2D eigenvalue weighted by atomic mass is 79.9. The van der Waals surface area contributed by atoms with Crippen molar-refractivity contribution in [3.63, 3.8) is 0 Å². The van der Waals surface area contributed by atoms with E-state index in [1.807, 2.05) is 18.2 Å². The van der Waals surface area contributed by atoms with E-state index in [1.54, 1.807) is 18.2 Å². The Morgan fingerprint density at radius 2 is 2.10 bits per heavy atom. The second kappa shape index (κ2) is 7.59. The van der Waals surface area contributed by atoms with Gasteiger partial charge in [-0.15, -0.1) is 0 Å². The van der Waals surface area contributed by atoms with Gasteiger partial charge in [0.1, 0.15) is 5.75 Å².